The topological polar surface area (TPSA) is 113 Å². The van der Waals surface area contributed by atoms with Gasteiger partial charge in [-0.25, -0.2) is 9.18 Å². The number of anilines is 2. The Morgan fingerprint density at radius 2 is 1.74 bits per heavy atom. The van der Waals surface area contributed by atoms with Gasteiger partial charge in [-0.05, 0) is 81.0 Å². The number of H-pyrrole nitrogens is 1. The summed E-state index contributed by atoms with van der Waals surface area (Å²) < 4.78 is 13.7. The van der Waals surface area contributed by atoms with Crippen LogP contribution in [0.4, 0.5) is 20.6 Å². The third-order valence-electron chi connectivity index (χ3n) is 8.66. The van der Waals surface area contributed by atoms with Crippen LogP contribution in [0.2, 0.25) is 0 Å². The molecule has 1 saturated heterocycles. The van der Waals surface area contributed by atoms with Crippen molar-refractivity contribution in [3.63, 3.8) is 0 Å². The number of hydrogen-bond donors (Lipinski definition) is 4. The summed E-state index contributed by atoms with van der Waals surface area (Å²) in [6.45, 7) is 8.71. The SMILES string of the molecule is CCNC(=O)c1ccc(CN(C)C)cc1NC(=O)C(NC(=O)N1CCN(c2ccc(F)cc2C)CC1)C(C)c1c[nH]c2ccccc12. The number of aromatic amines is 1. The molecule has 3 aromatic carbocycles. The zero-order chi connectivity index (χ0) is 33.7. The number of urea groups is 1. The van der Waals surface area contributed by atoms with Crippen LogP contribution in [0.15, 0.2) is 66.9 Å². The summed E-state index contributed by atoms with van der Waals surface area (Å²) >= 11 is 0. The van der Waals surface area contributed by atoms with Gasteiger partial charge < -0.3 is 35.6 Å². The molecule has 0 aliphatic carbocycles. The lowest BCUT2D eigenvalue weighted by Crippen LogP contribution is -2.56. The van der Waals surface area contributed by atoms with Crippen LogP contribution < -0.4 is 20.9 Å². The summed E-state index contributed by atoms with van der Waals surface area (Å²) in [5, 5.41) is 9.83. The number of piperazine rings is 1. The lowest BCUT2D eigenvalue weighted by molar-refractivity contribution is -0.118. The summed E-state index contributed by atoms with van der Waals surface area (Å²) in [7, 11) is 3.90. The lowest BCUT2D eigenvalue weighted by Gasteiger charge is -2.37. The largest absolute Gasteiger partial charge is 0.368 e. The molecule has 4 N–H and O–H groups in total. The maximum Gasteiger partial charge on any atom is 0.318 e. The van der Waals surface area contributed by atoms with Crippen molar-refractivity contribution in [2.24, 2.45) is 0 Å². The Morgan fingerprint density at radius 3 is 2.45 bits per heavy atom. The average Bonchev–Trinajstić information content (AvgIpc) is 3.47. The Kier molecular flexibility index (Phi) is 10.5. The molecule has 1 fully saturated rings. The van der Waals surface area contributed by atoms with Gasteiger partial charge in [-0.2, -0.15) is 0 Å². The lowest BCUT2D eigenvalue weighted by atomic mass is 9.92. The van der Waals surface area contributed by atoms with Gasteiger partial charge in [-0.3, -0.25) is 9.59 Å². The summed E-state index contributed by atoms with van der Waals surface area (Å²) in [5.41, 5.74) is 5.27. The zero-order valence-electron chi connectivity index (χ0n) is 27.7. The molecule has 1 aromatic heterocycles. The summed E-state index contributed by atoms with van der Waals surface area (Å²) in [6, 6.07) is 16.7. The van der Waals surface area contributed by atoms with Gasteiger partial charge in [0.15, 0.2) is 0 Å². The molecule has 2 atom stereocenters. The van der Waals surface area contributed by atoms with E-state index in [1.165, 1.54) is 12.1 Å². The quantitative estimate of drug-likeness (QED) is 0.193. The highest BCUT2D eigenvalue weighted by Crippen LogP contribution is 2.29. The van der Waals surface area contributed by atoms with Gasteiger partial charge in [-0.1, -0.05) is 31.2 Å². The Hall–Kier alpha value is -4.90. The fourth-order valence-electron chi connectivity index (χ4n) is 6.24. The van der Waals surface area contributed by atoms with Crippen molar-refractivity contribution in [3.05, 3.63) is 94.9 Å². The van der Waals surface area contributed by atoms with E-state index in [2.05, 4.69) is 25.8 Å². The second kappa shape index (κ2) is 14.7. The van der Waals surface area contributed by atoms with Crippen LogP contribution >= 0.6 is 0 Å². The molecule has 248 valence electrons. The summed E-state index contributed by atoms with van der Waals surface area (Å²) in [4.78, 5) is 50.1. The second-order valence-corrected chi connectivity index (χ2v) is 12.4. The minimum atomic E-state index is -0.960. The number of para-hydroxylation sites is 1. The van der Waals surface area contributed by atoms with E-state index >= 15 is 0 Å². The van der Waals surface area contributed by atoms with E-state index < -0.39 is 17.9 Å². The number of aryl methyl sites for hydroxylation is 1. The number of nitrogens with zero attached hydrogens (tertiary/aromatic N) is 3. The summed E-state index contributed by atoms with van der Waals surface area (Å²) in [6.07, 6.45) is 1.88. The molecule has 0 spiro atoms. The number of amides is 4. The van der Waals surface area contributed by atoms with Crippen LogP contribution in [0, 0.1) is 12.7 Å². The standard InChI is InChI=1S/C36H44FN7O3/c1-6-38-34(45)28-13-11-25(22-42(4)5)20-31(28)40-35(46)33(24(3)29-21-39-30-10-8-7-9-27(29)30)41-36(47)44-17-15-43(16-18-44)32-14-12-26(37)19-23(32)2/h7-14,19-21,24,33,39H,6,15-18,22H2,1-5H3,(H,38,45)(H,40,46)(H,41,47). The van der Waals surface area contributed by atoms with Gasteiger partial charge in [0.1, 0.15) is 11.9 Å². The first-order valence-corrected chi connectivity index (χ1v) is 16.0. The number of benzene rings is 3. The fraction of sp³-hybridized carbons (Fsp3) is 0.361. The molecule has 4 amide bonds. The number of hydrogen-bond acceptors (Lipinski definition) is 5. The molecule has 0 bridgehead atoms. The monoisotopic (exact) mass is 641 g/mol. The normalized spacial score (nSPS) is 14.6. The van der Waals surface area contributed by atoms with Crippen LogP contribution in [0.1, 0.15) is 46.8 Å². The number of rotatable bonds is 10. The molecule has 1 aliphatic rings. The number of aromatic nitrogens is 1. The van der Waals surface area contributed by atoms with Crippen molar-refractivity contribution in [2.75, 3.05) is 57.0 Å². The first-order valence-electron chi connectivity index (χ1n) is 16.0. The van der Waals surface area contributed by atoms with Crippen molar-refractivity contribution in [1.29, 1.82) is 0 Å². The van der Waals surface area contributed by atoms with Crippen molar-refractivity contribution in [2.45, 2.75) is 39.3 Å². The molecule has 1 aliphatic heterocycles. The number of carbonyl (C=O) groups is 3. The number of halogens is 1. The Morgan fingerprint density at radius 1 is 1.00 bits per heavy atom. The molecule has 2 unspecified atom stereocenters. The van der Waals surface area contributed by atoms with E-state index in [4.69, 9.17) is 0 Å². The van der Waals surface area contributed by atoms with Crippen LogP contribution in [0.25, 0.3) is 10.9 Å². The first kappa shape index (κ1) is 33.5. The number of carbonyl (C=O) groups excluding carboxylic acids is 3. The second-order valence-electron chi connectivity index (χ2n) is 12.4. The minimum absolute atomic E-state index is 0.277. The van der Waals surface area contributed by atoms with Crippen LogP contribution in [-0.4, -0.2) is 85.5 Å². The van der Waals surface area contributed by atoms with Gasteiger partial charge in [0.25, 0.3) is 5.91 Å². The van der Waals surface area contributed by atoms with Crippen LogP contribution in [0.5, 0.6) is 0 Å². The van der Waals surface area contributed by atoms with Gasteiger partial charge in [0, 0.05) is 68.0 Å². The summed E-state index contributed by atoms with van der Waals surface area (Å²) in [5.74, 6) is -1.42. The van der Waals surface area contributed by atoms with Gasteiger partial charge in [-0.15, -0.1) is 0 Å². The Balaban J connectivity index is 1.40. The predicted octanol–water partition coefficient (Wildman–Crippen LogP) is 5.07. The first-order chi connectivity index (χ1) is 22.5. The number of fused-ring (bicyclic) bond motifs is 1. The van der Waals surface area contributed by atoms with E-state index in [9.17, 15) is 18.8 Å². The highest BCUT2D eigenvalue weighted by Gasteiger charge is 2.33. The zero-order valence-corrected chi connectivity index (χ0v) is 27.7. The smallest absolute Gasteiger partial charge is 0.318 e. The van der Waals surface area contributed by atoms with E-state index in [0.717, 1.165) is 33.3 Å². The van der Waals surface area contributed by atoms with Crippen molar-refractivity contribution >= 4 is 40.1 Å². The van der Waals surface area contributed by atoms with Gasteiger partial charge >= 0.3 is 6.03 Å². The molecule has 0 radical (unpaired) electrons. The molecule has 47 heavy (non-hydrogen) atoms. The van der Waals surface area contributed by atoms with Crippen molar-refractivity contribution in [1.82, 2.24) is 25.4 Å². The minimum Gasteiger partial charge on any atom is -0.368 e. The third-order valence-corrected chi connectivity index (χ3v) is 8.66. The van der Waals surface area contributed by atoms with Gasteiger partial charge in [0.2, 0.25) is 5.91 Å². The fourth-order valence-corrected chi connectivity index (χ4v) is 6.24. The maximum absolute atomic E-state index is 14.2. The Bertz CT molecular complexity index is 1750. The van der Waals surface area contributed by atoms with Crippen LogP contribution in [0.3, 0.4) is 0 Å². The number of nitrogens with one attached hydrogen (secondary N) is 4. The molecule has 2 heterocycles. The highest BCUT2D eigenvalue weighted by molar-refractivity contribution is 6.06. The van der Waals surface area contributed by atoms with E-state index in [0.29, 0.717) is 50.5 Å². The predicted molar refractivity (Wildman–Crippen MR) is 184 cm³/mol. The molecular weight excluding hydrogens is 597 g/mol. The maximum atomic E-state index is 14.2. The Labute approximate surface area is 275 Å². The molecule has 0 saturated carbocycles. The van der Waals surface area contributed by atoms with Gasteiger partial charge in [0.05, 0.1) is 11.3 Å². The molecule has 4 aromatic rings. The molecule has 5 rings (SSSR count). The van der Waals surface area contributed by atoms with E-state index in [1.54, 1.807) is 17.0 Å². The highest BCUT2D eigenvalue weighted by atomic mass is 19.1. The average molecular weight is 642 g/mol. The molecule has 11 heteroatoms. The van der Waals surface area contributed by atoms with E-state index in [-0.39, 0.29) is 17.8 Å². The molecule has 10 nitrogen and oxygen atoms in total. The molecular formula is C36H44FN7O3. The third kappa shape index (κ3) is 7.74. The van der Waals surface area contributed by atoms with E-state index in [1.807, 2.05) is 82.4 Å². The van der Waals surface area contributed by atoms with Crippen LogP contribution in [-0.2, 0) is 11.3 Å². The van der Waals surface area contributed by atoms with Crippen molar-refractivity contribution < 1.29 is 18.8 Å². The van der Waals surface area contributed by atoms with Crippen molar-refractivity contribution in [3.8, 4) is 0 Å².